The fourth-order valence-corrected chi connectivity index (χ4v) is 2.33. The van der Waals surface area contributed by atoms with E-state index in [9.17, 15) is 0 Å². The smallest absolute Gasteiger partial charge is 0.119 e. The minimum absolute atomic E-state index is 0.187. The SMILES string of the molecule is Cc1nc(-c2ccc(OC(C)C)cc2)c(N)s1. The number of nitrogens with two attached hydrogens (primary N) is 1. The van der Waals surface area contributed by atoms with E-state index in [0.29, 0.717) is 0 Å². The second-order valence-corrected chi connectivity index (χ2v) is 5.37. The van der Waals surface area contributed by atoms with Crippen LogP contribution in [0.1, 0.15) is 18.9 Å². The molecule has 1 aromatic carbocycles. The lowest BCUT2D eigenvalue weighted by atomic mass is 10.1. The van der Waals surface area contributed by atoms with Gasteiger partial charge in [0.25, 0.3) is 0 Å². The van der Waals surface area contributed by atoms with Gasteiger partial charge in [0.05, 0.1) is 11.1 Å². The predicted molar refractivity (Wildman–Crippen MR) is 72.5 cm³/mol. The molecule has 1 aromatic heterocycles. The summed E-state index contributed by atoms with van der Waals surface area (Å²) >= 11 is 1.51. The third-order valence-corrected chi connectivity index (χ3v) is 3.06. The zero-order valence-corrected chi connectivity index (χ0v) is 11.0. The number of nitrogens with zero attached hydrogens (tertiary/aromatic N) is 1. The monoisotopic (exact) mass is 248 g/mol. The molecule has 2 aromatic rings. The number of rotatable bonds is 3. The minimum Gasteiger partial charge on any atom is -0.491 e. The van der Waals surface area contributed by atoms with Crippen molar-refractivity contribution in [3.05, 3.63) is 29.3 Å². The molecule has 0 aliphatic carbocycles. The molecule has 2 N–H and O–H groups in total. The van der Waals surface area contributed by atoms with E-state index < -0.39 is 0 Å². The topological polar surface area (TPSA) is 48.1 Å². The van der Waals surface area contributed by atoms with Crippen LogP contribution >= 0.6 is 11.3 Å². The van der Waals surface area contributed by atoms with Gasteiger partial charge in [-0.15, -0.1) is 11.3 Å². The largest absolute Gasteiger partial charge is 0.491 e. The summed E-state index contributed by atoms with van der Waals surface area (Å²) in [6.45, 7) is 5.98. The molecular formula is C13H16N2OS. The van der Waals surface area contributed by atoms with Gasteiger partial charge in [0.15, 0.2) is 0 Å². The first-order valence-corrected chi connectivity index (χ1v) is 6.38. The second-order valence-electron chi connectivity index (χ2n) is 4.14. The van der Waals surface area contributed by atoms with E-state index in [1.165, 1.54) is 11.3 Å². The molecule has 2 rings (SSSR count). The highest BCUT2D eigenvalue weighted by Gasteiger charge is 2.08. The average molecular weight is 248 g/mol. The van der Waals surface area contributed by atoms with Crippen LogP contribution in [0.15, 0.2) is 24.3 Å². The van der Waals surface area contributed by atoms with Crippen molar-refractivity contribution in [2.45, 2.75) is 26.9 Å². The summed E-state index contributed by atoms with van der Waals surface area (Å²) in [6.07, 6.45) is 0.187. The molecule has 0 fully saturated rings. The summed E-state index contributed by atoms with van der Waals surface area (Å²) in [4.78, 5) is 4.42. The quantitative estimate of drug-likeness (QED) is 0.904. The van der Waals surface area contributed by atoms with E-state index in [0.717, 1.165) is 27.0 Å². The maximum Gasteiger partial charge on any atom is 0.119 e. The summed E-state index contributed by atoms with van der Waals surface area (Å²) in [7, 11) is 0. The molecule has 0 saturated carbocycles. The van der Waals surface area contributed by atoms with Gasteiger partial charge in [-0.1, -0.05) is 0 Å². The molecule has 0 amide bonds. The van der Waals surface area contributed by atoms with E-state index in [1.54, 1.807) is 0 Å². The lowest BCUT2D eigenvalue weighted by Crippen LogP contribution is -2.05. The molecule has 0 bridgehead atoms. The van der Waals surface area contributed by atoms with Gasteiger partial charge < -0.3 is 10.5 Å². The highest BCUT2D eigenvalue weighted by Crippen LogP contribution is 2.31. The molecule has 0 unspecified atom stereocenters. The number of hydrogen-bond donors (Lipinski definition) is 1. The summed E-state index contributed by atoms with van der Waals surface area (Å²) in [5.41, 5.74) is 7.81. The number of nitrogen functional groups attached to an aromatic ring is 1. The lowest BCUT2D eigenvalue weighted by molar-refractivity contribution is 0.242. The van der Waals surface area contributed by atoms with Gasteiger partial charge in [0, 0.05) is 5.56 Å². The molecular weight excluding hydrogens is 232 g/mol. The molecule has 0 spiro atoms. The molecule has 0 aliphatic heterocycles. The third kappa shape index (κ3) is 2.77. The highest BCUT2D eigenvalue weighted by molar-refractivity contribution is 7.16. The second kappa shape index (κ2) is 4.75. The number of hydrogen-bond acceptors (Lipinski definition) is 4. The number of benzene rings is 1. The van der Waals surface area contributed by atoms with Gasteiger partial charge in [-0.2, -0.15) is 0 Å². The summed E-state index contributed by atoms with van der Waals surface area (Å²) in [5.74, 6) is 0.870. The Bertz CT molecular complexity index is 503. The standard InChI is InChI=1S/C13H16N2OS/c1-8(2)16-11-6-4-10(5-7-11)12-13(14)17-9(3)15-12/h4-8H,14H2,1-3H3. The van der Waals surface area contributed by atoms with Crippen molar-refractivity contribution in [1.29, 1.82) is 0 Å². The summed E-state index contributed by atoms with van der Waals surface area (Å²) in [5, 5.41) is 1.75. The fourth-order valence-electron chi connectivity index (χ4n) is 1.61. The lowest BCUT2D eigenvalue weighted by Gasteiger charge is -2.09. The molecule has 17 heavy (non-hydrogen) atoms. The Morgan fingerprint density at radius 2 is 1.88 bits per heavy atom. The van der Waals surface area contributed by atoms with Crippen molar-refractivity contribution in [2.24, 2.45) is 0 Å². The Labute approximate surface area is 105 Å². The van der Waals surface area contributed by atoms with Crippen molar-refractivity contribution < 1.29 is 4.74 Å². The Hall–Kier alpha value is -1.55. The Balaban J connectivity index is 2.26. The van der Waals surface area contributed by atoms with Crippen LogP contribution in [-0.4, -0.2) is 11.1 Å². The van der Waals surface area contributed by atoms with Crippen molar-refractivity contribution in [1.82, 2.24) is 4.98 Å². The Morgan fingerprint density at radius 3 is 2.35 bits per heavy atom. The zero-order valence-electron chi connectivity index (χ0n) is 10.2. The fraction of sp³-hybridized carbons (Fsp3) is 0.308. The molecule has 0 radical (unpaired) electrons. The molecule has 0 saturated heterocycles. The van der Waals surface area contributed by atoms with E-state index in [2.05, 4.69) is 4.98 Å². The zero-order chi connectivity index (χ0) is 12.4. The number of aryl methyl sites for hydroxylation is 1. The van der Waals surface area contributed by atoms with Crippen LogP contribution in [-0.2, 0) is 0 Å². The van der Waals surface area contributed by atoms with Crippen LogP contribution in [0.3, 0.4) is 0 Å². The van der Waals surface area contributed by atoms with Crippen molar-refractivity contribution in [2.75, 3.05) is 5.73 Å². The van der Waals surface area contributed by atoms with Crippen LogP contribution in [0.25, 0.3) is 11.3 Å². The Morgan fingerprint density at radius 1 is 1.24 bits per heavy atom. The first-order valence-electron chi connectivity index (χ1n) is 5.56. The van der Waals surface area contributed by atoms with E-state index in [-0.39, 0.29) is 6.10 Å². The van der Waals surface area contributed by atoms with Gasteiger partial charge in [-0.25, -0.2) is 4.98 Å². The van der Waals surface area contributed by atoms with Crippen molar-refractivity contribution in [3.63, 3.8) is 0 Å². The summed E-state index contributed by atoms with van der Waals surface area (Å²) in [6, 6.07) is 7.87. The molecule has 3 nitrogen and oxygen atoms in total. The van der Waals surface area contributed by atoms with Crippen LogP contribution < -0.4 is 10.5 Å². The number of thiazole rings is 1. The predicted octanol–water partition coefficient (Wildman–Crippen LogP) is 3.49. The summed E-state index contributed by atoms with van der Waals surface area (Å²) < 4.78 is 5.59. The normalized spacial score (nSPS) is 10.8. The molecule has 0 aliphatic rings. The Kier molecular flexibility index (Phi) is 3.33. The molecule has 0 atom stereocenters. The van der Waals surface area contributed by atoms with Gasteiger partial charge >= 0.3 is 0 Å². The van der Waals surface area contributed by atoms with Crippen molar-refractivity contribution >= 4 is 16.3 Å². The van der Waals surface area contributed by atoms with Gasteiger partial charge in [0.2, 0.25) is 0 Å². The number of ether oxygens (including phenoxy) is 1. The van der Waals surface area contributed by atoms with E-state index >= 15 is 0 Å². The maximum absolute atomic E-state index is 5.92. The van der Waals surface area contributed by atoms with Crippen LogP contribution in [0, 0.1) is 6.92 Å². The van der Waals surface area contributed by atoms with Gasteiger partial charge in [0.1, 0.15) is 16.4 Å². The van der Waals surface area contributed by atoms with Crippen LogP contribution in [0.5, 0.6) is 5.75 Å². The van der Waals surface area contributed by atoms with E-state index in [4.69, 9.17) is 10.5 Å². The maximum atomic E-state index is 5.92. The number of aromatic nitrogens is 1. The minimum atomic E-state index is 0.187. The molecule has 90 valence electrons. The van der Waals surface area contributed by atoms with Gasteiger partial charge in [-0.05, 0) is 45.0 Å². The third-order valence-electron chi connectivity index (χ3n) is 2.26. The molecule has 4 heteroatoms. The van der Waals surface area contributed by atoms with Crippen molar-refractivity contribution in [3.8, 4) is 17.0 Å². The highest BCUT2D eigenvalue weighted by atomic mass is 32.1. The van der Waals surface area contributed by atoms with Crippen LogP contribution in [0.2, 0.25) is 0 Å². The first-order chi connectivity index (χ1) is 8.06. The average Bonchev–Trinajstić information content (AvgIpc) is 2.58. The van der Waals surface area contributed by atoms with Gasteiger partial charge in [-0.3, -0.25) is 0 Å². The number of anilines is 1. The first kappa shape index (κ1) is 11.9. The van der Waals surface area contributed by atoms with E-state index in [1.807, 2.05) is 45.0 Å². The van der Waals surface area contributed by atoms with Crippen LogP contribution in [0.4, 0.5) is 5.00 Å². The molecule has 1 heterocycles.